The topological polar surface area (TPSA) is 38.9 Å². The van der Waals surface area contributed by atoms with Gasteiger partial charge < -0.3 is 5.73 Å². The minimum atomic E-state index is -0.0308. The first-order chi connectivity index (χ1) is 9.72. The molecule has 0 radical (unpaired) electrons. The molecule has 1 aromatic heterocycles. The van der Waals surface area contributed by atoms with Crippen LogP contribution < -0.4 is 5.73 Å². The molecule has 2 nitrogen and oxygen atoms in total. The van der Waals surface area contributed by atoms with E-state index in [4.69, 9.17) is 5.73 Å². The molecule has 2 N–H and O–H groups in total. The molecule has 1 unspecified atom stereocenters. The molecular weight excluding hydrogens is 312 g/mol. The Labute approximate surface area is 126 Å². The summed E-state index contributed by atoms with van der Waals surface area (Å²) in [7, 11) is 0. The third kappa shape index (κ3) is 2.89. The lowest BCUT2D eigenvalue weighted by Crippen LogP contribution is -2.14. The normalized spacial score (nSPS) is 12.5. The van der Waals surface area contributed by atoms with Gasteiger partial charge in [0.2, 0.25) is 0 Å². The van der Waals surface area contributed by atoms with E-state index in [1.165, 1.54) is 0 Å². The standard InChI is InChI=1S/C17H15BrN2/c18-14-8-5-12(6-9-14)16(19)11-15-10-7-13-3-1-2-4-17(13)20-15/h1-10,16H,11,19H2. The number of nitrogens with zero attached hydrogens (tertiary/aromatic N) is 1. The number of benzene rings is 2. The second-order valence-corrected chi connectivity index (χ2v) is 5.77. The SMILES string of the molecule is NC(Cc1ccc2ccccc2n1)c1ccc(Br)cc1. The van der Waals surface area contributed by atoms with Gasteiger partial charge in [-0.25, -0.2) is 0 Å². The van der Waals surface area contributed by atoms with E-state index in [9.17, 15) is 0 Å². The van der Waals surface area contributed by atoms with Gasteiger partial charge in [-0.1, -0.05) is 52.3 Å². The summed E-state index contributed by atoms with van der Waals surface area (Å²) in [6.07, 6.45) is 0.743. The zero-order chi connectivity index (χ0) is 13.9. The minimum Gasteiger partial charge on any atom is -0.324 e. The molecule has 3 heteroatoms. The van der Waals surface area contributed by atoms with Crippen LogP contribution in [0.5, 0.6) is 0 Å². The van der Waals surface area contributed by atoms with E-state index in [0.29, 0.717) is 0 Å². The number of hydrogen-bond acceptors (Lipinski definition) is 2. The molecule has 0 aliphatic heterocycles. The van der Waals surface area contributed by atoms with Crippen LogP contribution >= 0.6 is 15.9 Å². The Morgan fingerprint density at radius 2 is 1.70 bits per heavy atom. The molecule has 2 aromatic carbocycles. The summed E-state index contributed by atoms with van der Waals surface area (Å²) in [6.45, 7) is 0. The van der Waals surface area contributed by atoms with E-state index >= 15 is 0 Å². The first kappa shape index (κ1) is 13.3. The molecule has 0 aliphatic rings. The van der Waals surface area contributed by atoms with Gasteiger partial charge in [-0.15, -0.1) is 0 Å². The van der Waals surface area contributed by atoms with Crippen LogP contribution in [0.15, 0.2) is 65.1 Å². The first-order valence-electron chi connectivity index (χ1n) is 6.58. The van der Waals surface area contributed by atoms with Crippen LogP contribution in [0.3, 0.4) is 0 Å². The van der Waals surface area contributed by atoms with Gasteiger partial charge in [-0.05, 0) is 29.8 Å². The van der Waals surface area contributed by atoms with E-state index in [0.717, 1.165) is 33.1 Å². The summed E-state index contributed by atoms with van der Waals surface area (Å²) in [4.78, 5) is 4.67. The number of nitrogens with two attached hydrogens (primary N) is 1. The van der Waals surface area contributed by atoms with Crippen LogP contribution in [-0.4, -0.2) is 4.98 Å². The number of halogens is 1. The van der Waals surface area contributed by atoms with E-state index in [1.54, 1.807) is 0 Å². The predicted octanol–water partition coefficient (Wildman–Crippen LogP) is 4.24. The summed E-state index contributed by atoms with van der Waals surface area (Å²) >= 11 is 3.44. The second kappa shape index (κ2) is 5.73. The van der Waals surface area contributed by atoms with Gasteiger partial charge in [0.1, 0.15) is 0 Å². The largest absolute Gasteiger partial charge is 0.324 e. The van der Waals surface area contributed by atoms with Crippen molar-refractivity contribution in [3.8, 4) is 0 Å². The summed E-state index contributed by atoms with van der Waals surface area (Å²) in [6, 6.07) is 20.4. The fraction of sp³-hybridized carbons (Fsp3) is 0.118. The molecule has 0 spiro atoms. The number of hydrogen-bond donors (Lipinski definition) is 1. The van der Waals surface area contributed by atoms with Crippen LogP contribution in [0.4, 0.5) is 0 Å². The number of fused-ring (bicyclic) bond motifs is 1. The molecule has 20 heavy (non-hydrogen) atoms. The van der Waals surface area contributed by atoms with E-state index in [2.05, 4.69) is 51.2 Å². The average molecular weight is 327 g/mol. The van der Waals surface area contributed by atoms with Crippen LogP contribution in [-0.2, 0) is 6.42 Å². The molecule has 0 fully saturated rings. The maximum Gasteiger partial charge on any atom is 0.0705 e. The zero-order valence-electron chi connectivity index (χ0n) is 11.0. The molecule has 1 atom stereocenters. The molecule has 0 aliphatic carbocycles. The lowest BCUT2D eigenvalue weighted by atomic mass is 10.0. The molecule has 0 saturated heterocycles. The third-order valence-electron chi connectivity index (χ3n) is 3.38. The molecule has 1 heterocycles. The Morgan fingerprint density at radius 3 is 2.50 bits per heavy atom. The maximum absolute atomic E-state index is 6.27. The van der Waals surface area contributed by atoms with Crippen molar-refractivity contribution in [2.75, 3.05) is 0 Å². The Hall–Kier alpha value is -1.71. The second-order valence-electron chi connectivity index (χ2n) is 4.86. The fourth-order valence-corrected chi connectivity index (χ4v) is 2.54. The number of aromatic nitrogens is 1. The molecule has 3 rings (SSSR count). The van der Waals surface area contributed by atoms with E-state index < -0.39 is 0 Å². The van der Waals surface area contributed by atoms with Crippen molar-refractivity contribution in [1.29, 1.82) is 0 Å². The van der Waals surface area contributed by atoms with Gasteiger partial charge in [-0.2, -0.15) is 0 Å². The molecular formula is C17H15BrN2. The smallest absolute Gasteiger partial charge is 0.0705 e. The van der Waals surface area contributed by atoms with Gasteiger partial charge in [-0.3, -0.25) is 4.98 Å². The molecule has 0 amide bonds. The van der Waals surface area contributed by atoms with Crippen LogP contribution in [0, 0.1) is 0 Å². The van der Waals surface area contributed by atoms with E-state index in [1.807, 2.05) is 30.3 Å². The van der Waals surface area contributed by atoms with Crippen LogP contribution in [0.2, 0.25) is 0 Å². The predicted molar refractivity (Wildman–Crippen MR) is 86.5 cm³/mol. The highest BCUT2D eigenvalue weighted by molar-refractivity contribution is 9.10. The van der Waals surface area contributed by atoms with Crippen molar-refractivity contribution in [2.24, 2.45) is 5.73 Å². The highest BCUT2D eigenvalue weighted by atomic mass is 79.9. The number of pyridine rings is 1. The summed E-state index contributed by atoms with van der Waals surface area (Å²) in [5.41, 5.74) is 9.44. The van der Waals surface area contributed by atoms with Gasteiger partial charge >= 0.3 is 0 Å². The summed E-state index contributed by atoms with van der Waals surface area (Å²) < 4.78 is 1.07. The summed E-state index contributed by atoms with van der Waals surface area (Å²) in [5.74, 6) is 0. The third-order valence-corrected chi connectivity index (χ3v) is 3.91. The van der Waals surface area contributed by atoms with Crippen LogP contribution in [0.25, 0.3) is 10.9 Å². The quantitative estimate of drug-likeness (QED) is 0.781. The highest BCUT2D eigenvalue weighted by Crippen LogP contribution is 2.19. The van der Waals surface area contributed by atoms with Gasteiger partial charge in [0.15, 0.2) is 0 Å². The Balaban J connectivity index is 1.83. The van der Waals surface area contributed by atoms with Gasteiger partial charge in [0, 0.05) is 28.0 Å². The molecule has 3 aromatic rings. The minimum absolute atomic E-state index is 0.0308. The Kier molecular flexibility index (Phi) is 3.81. The Bertz CT molecular complexity index is 722. The molecule has 0 bridgehead atoms. The van der Waals surface area contributed by atoms with Crippen molar-refractivity contribution in [1.82, 2.24) is 4.98 Å². The van der Waals surface area contributed by atoms with Crippen molar-refractivity contribution in [2.45, 2.75) is 12.5 Å². The number of rotatable bonds is 3. The first-order valence-corrected chi connectivity index (χ1v) is 7.37. The van der Waals surface area contributed by atoms with Crippen molar-refractivity contribution >= 4 is 26.8 Å². The van der Waals surface area contributed by atoms with E-state index in [-0.39, 0.29) is 6.04 Å². The Morgan fingerprint density at radius 1 is 0.950 bits per heavy atom. The average Bonchev–Trinajstić information content (AvgIpc) is 2.48. The molecule has 100 valence electrons. The zero-order valence-corrected chi connectivity index (χ0v) is 12.5. The van der Waals surface area contributed by atoms with Crippen LogP contribution in [0.1, 0.15) is 17.3 Å². The number of para-hydroxylation sites is 1. The maximum atomic E-state index is 6.27. The summed E-state index contributed by atoms with van der Waals surface area (Å²) in [5, 5.41) is 1.16. The lowest BCUT2D eigenvalue weighted by molar-refractivity contribution is 0.709. The highest BCUT2D eigenvalue weighted by Gasteiger charge is 2.08. The monoisotopic (exact) mass is 326 g/mol. The van der Waals surface area contributed by atoms with Gasteiger partial charge in [0.05, 0.1) is 5.52 Å². The van der Waals surface area contributed by atoms with Crippen molar-refractivity contribution < 1.29 is 0 Å². The molecule has 0 saturated carbocycles. The van der Waals surface area contributed by atoms with Crippen molar-refractivity contribution in [3.05, 3.63) is 76.4 Å². The fourth-order valence-electron chi connectivity index (χ4n) is 2.28. The van der Waals surface area contributed by atoms with Crippen molar-refractivity contribution in [3.63, 3.8) is 0 Å². The lowest BCUT2D eigenvalue weighted by Gasteiger charge is -2.12. The van der Waals surface area contributed by atoms with Gasteiger partial charge in [0.25, 0.3) is 0 Å².